The van der Waals surface area contributed by atoms with Gasteiger partial charge in [0.05, 0.1) is 7.11 Å². The average Bonchev–Trinajstić information content (AvgIpc) is 2.84. The van der Waals surface area contributed by atoms with Crippen molar-refractivity contribution in [1.29, 1.82) is 5.26 Å². The molecule has 0 saturated carbocycles. The monoisotopic (exact) mass is 463 g/mol. The number of carbonyl (C=O) groups is 2. The summed E-state index contributed by atoms with van der Waals surface area (Å²) in [5.74, 6) is -1.44. The predicted molar refractivity (Wildman–Crippen MR) is 122 cm³/mol. The van der Waals surface area contributed by atoms with Crippen LogP contribution < -0.4 is 20.1 Å². The van der Waals surface area contributed by atoms with Gasteiger partial charge in [-0.2, -0.15) is 5.26 Å². The molecule has 0 aliphatic heterocycles. The highest BCUT2D eigenvalue weighted by Crippen LogP contribution is 2.29. The molecule has 3 aromatic rings. The molecule has 0 aliphatic rings. The highest BCUT2D eigenvalue weighted by Gasteiger charge is 2.12. The minimum atomic E-state index is -0.661. The third-order valence-electron chi connectivity index (χ3n) is 4.45. The zero-order chi connectivity index (χ0) is 24.5. The lowest BCUT2D eigenvalue weighted by Crippen LogP contribution is -2.20. The van der Waals surface area contributed by atoms with E-state index in [9.17, 15) is 23.6 Å². The molecule has 0 aliphatic carbocycles. The fraction of sp³-hybridized carbons (Fsp3) is 0.0800. The summed E-state index contributed by atoms with van der Waals surface area (Å²) in [5, 5.41) is 14.5. The molecule has 0 bridgehead atoms. The van der Waals surface area contributed by atoms with Gasteiger partial charge >= 0.3 is 0 Å². The number of amides is 2. The maximum atomic E-state index is 13.0. The molecule has 0 atom stereocenters. The van der Waals surface area contributed by atoms with Gasteiger partial charge in [0.15, 0.2) is 18.1 Å². The number of halogens is 2. The van der Waals surface area contributed by atoms with Crippen LogP contribution in [0.15, 0.2) is 72.3 Å². The smallest absolute Gasteiger partial charge is 0.266 e. The lowest BCUT2D eigenvalue weighted by atomic mass is 10.1. The third kappa shape index (κ3) is 6.64. The lowest BCUT2D eigenvalue weighted by Gasteiger charge is -2.12. The molecule has 0 unspecified atom stereocenters. The molecule has 9 heteroatoms. The Kier molecular flexibility index (Phi) is 7.92. The number of nitrogens with one attached hydrogen (secondary N) is 2. The largest absolute Gasteiger partial charge is 0.493 e. The standard InChI is InChI=1S/C25H19F2N3O4/c1-33-23-13-16(12-17(14-28)25(32)30-21-9-5-19(27)6-10-21)2-11-22(23)34-15-24(31)29-20-7-3-18(26)4-8-20/h2-13H,15H2,1H3,(H,29,31)(H,30,32). The molecule has 0 heterocycles. The Balaban J connectivity index is 1.66. The van der Waals surface area contributed by atoms with Crippen molar-refractivity contribution in [2.24, 2.45) is 0 Å². The van der Waals surface area contributed by atoms with Gasteiger partial charge in [-0.3, -0.25) is 9.59 Å². The average molecular weight is 463 g/mol. The summed E-state index contributed by atoms with van der Waals surface area (Å²) in [6.07, 6.45) is 1.35. The van der Waals surface area contributed by atoms with Crippen LogP contribution in [0.5, 0.6) is 11.5 Å². The highest BCUT2D eigenvalue weighted by atomic mass is 19.1. The fourth-order valence-electron chi connectivity index (χ4n) is 2.81. The summed E-state index contributed by atoms with van der Waals surface area (Å²) < 4.78 is 36.8. The van der Waals surface area contributed by atoms with E-state index in [0.29, 0.717) is 16.9 Å². The van der Waals surface area contributed by atoms with Crippen LogP contribution in [0.3, 0.4) is 0 Å². The maximum Gasteiger partial charge on any atom is 0.266 e. The van der Waals surface area contributed by atoms with Crippen LogP contribution in [0.4, 0.5) is 20.2 Å². The first kappa shape index (κ1) is 23.9. The minimum absolute atomic E-state index is 0.182. The molecule has 2 N–H and O–H groups in total. The normalized spacial score (nSPS) is 10.7. The van der Waals surface area contributed by atoms with Crippen LogP contribution in [0.2, 0.25) is 0 Å². The van der Waals surface area contributed by atoms with Crippen LogP contribution in [0.25, 0.3) is 6.08 Å². The molecule has 3 aromatic carbocycles. The van der Waals surface area contributed by atoms with Gasteiger partial charge < -0.3 is 20.1 Å². The van der Waals surface area contributed by atoms with Gasteiger partial charge in [-0.25, -0.2) is 8.78 Å². The SMILES string of the molecule is COc1cc(C=C(C#N)C(=O)Nc2ccc(F)cc2)ccc1OCC(=O)Nc1ccc(F)cc1. The molecule has 34 heavy (non-hydrogen) atoms. The molecule has 0 spiro atoms. The molecule has 3 rings (SSSR count). The number of benzene rings is 3. The predicted octanol–water partition coefficient (Wildman–Crippen LogP) is 4.54. The van der Waals surface area contributed by atoms with E-state index in [-0.39, 0.29) is 23.7 Å². The number of nitriles is 1. The Morgan fingerprint density at radius 1 is 0.912 bits per heavy atom. The first-order valence-corrected chi connectivity index (χ1v) is 9.93. The van der Waals surface area contributed by atoms with Crippen molar-refractivity contribution in [2.45, 2.75) is 0 Å². The molecule has 0 saturated heterocycles. The second-order valence-electron chi connectivity index (χ2n) is 6.88. The Morgan fingerprint density at radius 2 is 1.50 bits per heavy atom. The van der Waals surface area contributed by atoms with Gasteiger partial charge in [-0.05, 0) is 72.3 Å². The van der Waals surface area contributed by atoms with Gasteiger partial charge in [0.2, 0.25) is 0 Å². The lowest BCUT2D eigenvalue weighted by molar-refractivity contribution is -0.118. The number of methoxy groups -OCH3 is 1. The quantitative estimate of drug-likeness (QED) is 0.378. The van der Waals surface area contributed by atoms with Gasteiger partial charge in [0.1, 0.15) is 23.3 Å². The molecule has 0 radical (unpaired) electrons. The van der Waals surface area contributed by atoms with Crippen LogP contribution in [-0.2, 0) is 9.59 Å². The fourth-order valence-corrected chi connectivity index (χ4v) is 2.81. The third-order valence-corrected chi connectivity index (χ3v) is 4.45. The summed E-state index contributed by atoms with van der Waals surface area (Å²) in [7, 11) is 1.40. The number of nitrogens with zero attached hydrogens (tertiary/aromatic N) is 1. The molecular weight excluding hydrogens is 444 g/mol. The zero-order valence-electron chi connectivity index (χ0n) is 18.0. The molecule has 0 fully saturated rings. The van der Waals surface area contributed by atoms with Gasteiger partial charge in [-0.15, -0.1) is 0 Å². The zero-order valence-corrected chi connectivity index (χ0v) is 18.0. The van der Waals surface area contributed by atoms with Gasteiger partial charge in [0.25, 0.3) is 11.8 Å². The Hall–Kier alpha value is -4.71. The number of hydrogen-bond donors (Lipinski definition) is 2. The first-order valence-electron chi connectivity index (χ1n) is 9.93. The summed E-state index contributed by atoms with van der Waals surface area (Å²) in [6, 6.07) is 16.9. The highest BCUT2D eigenvalue weighted by molar-refractivity contribution is 6.09. The van der Waals surface area contributed by atoms with Gasteiger partial charge in [0, 0.05) is 11.4 Å². The van der Waals surface area contributed by atoms with E-state index in [1.807, 2.05) is 6.07 Å². The second-order valence-corrected chi connectivity index (χ2v) is 6.88. The maximum absolute atomic E-state index is 13.0. The summed E-state index contributed by atoms with van der Waals surface area (Å²) >= 11 is 0. The number of ether oxygens (including phenoxy) is 2. The Bertz CT molecular complexity index is 1250. The van der Waals surface area contributed by atoms with Crippen LogP contribution in [-0.4, -0.2) is 25.5 Å². The summed E-state index contributed by atoms with van der Waals surface area (Å²) in [6.45, 7) is -0.327. The number of rotatable bonds is 8. The second kappa shape index (κ2) is 11.2. The molecule has 0 aromatic heterocycles. The number of hydrogen-bond acceptors (Lipinski definition) is 5. The van der Waals surface area contributed by atoms with E-state index in [1.165, 1.54) is 73.8 Å². The van der Waals surface area contributed by atoms with Crippen LogP contribution in [0.1, 0.15) is 5.56 Å². The van der Waals surface area contributed by atoms with E-state index in [2.05, 4.69) is 10.6 Å². The molecule has 172 valence electrons. The summed E-state index contributed by atoms with van der Waals surface area (Å²) in [5.41, 5.74) is 1.06. The summed E-state index contributed by atoms with van der Waals surface area (Å²) in [4.78, 5) is 24.5. The number of carbonyl (C=O) groups excluding carboxylic acids is 2. The van der Waals surface area contributed by atoms with Crippen LogP contribution in [0, 0.1) is 23.0 Å². The van der Waals surface area contributed by atoms with Crippen molar-refractivity contribution in [3.05, 3.63) is 89.5 Å². The van der Waals surface area contributed by atoms with Crippen molar-refractivity contribution >= 4 is 29.3 Å². The van der Waals surface area contributed by atoms with Crippen molar-refractivity contribution in [3.8, 4) is 17.6 Å². The minimum Gasteiger partial charge on any atom is -0.493 e. The van der Waals surface area contributed by atoms with E-state index in [1.54, 1.807) is 6.07 Å². The number of anilines is 2. The van der Waals surface area contributed by atoms with E-state index in [0.717, 1.165) is 0 Å². The van der Waals surface area contributed by atoms with E-state index >= 15 is 0 Å². The van der Waals surface area contributed by atoms with Crippen molar-refractivity contribution in [2.75, 3.05) is 24.4 Å². The molecule has 2 amide bonds. The Labute approximate surface area is 194 Å². The first-order chi connectivity index (χ1) is 16.4. The molecular formula is C25H19F2N3O4. The topological polar surface area (TPSA) is 100 Å². The van der Waals surface area contributed by atoms with Gasteiger partial charge in [-0.1, -0.05) is 6.07 Å². The van der Waals surface area contributed by atoms with Crippen LogP contribution >= 0.6 is 0 Å². The van der Waals surface area contributed by atoms with Crippen molar-refractivity contribution < 1.29 is 27.8 Å². The van der Waals surface area contributed by atoms with Crippen molar-refractivity contribution in [1.82, 2.24) is 0 Å². The van der Waals surface area contributed by atoms with E-state index in [4.69, 9.17) is 9.47 Å². The van der Waals surface area contributed by atoms with Crippen molar-refractivity contribution in [3.63, 3.8) is 0 Å². The van der Waals surface area contributed by atoms with E-state index < -0.39 is 23.4 Å². The molecule has 7 nitrogen and oxygen atoms in total. The Morgan fingerprint density at radius 3 is 2.06 bits per heavy atom.